The van der Waals surface area contributed by atoms with E-state index in [0.29, 0.717) is 0 Å². The second kappa shape index (κ2) is 2.25. The fourth-order valence-electron chi connectivity index (χ4n) is 2.90. The van der Waals surface area contributed by atoms with Gasteiger partial charge in [-0.2, -0.15) is 0 Å². The van der Waals surface area contributed by atoms with Crippen molar-refractivity contribution in [2.75, 3.05) is 0 Å². The summed E-state index contributed by atoms with van der Waals surface area (Å²) in [5.41, 5.74) is 0.861. The molecule has 0 amide bonds. The van der Waals surface area contributed by atoms with Gasteiger partial charge in [-0.05, 0) is 36.5 Å². The fourth-order valence-corrected chi connectivity index (χ4v) is 2.90. The molecule has 0 radical (unpaired) electrons. The van der Waals surface area contributed by atoms with Crippen molar-refractivity contribution in [3.05, 3.63) is 0 Å². The molecule has 2 rings (SSSR count). The average molecular weight is 140 g/mol. The second-order valence-electron chi connectivity index (χ2n) is 4.12. The third kappa shape index (κ3) is 0.681. The lowest BCUT2D eigenvalue weighted by atomic mass is 9.45. The van der Waals surface area contributed by atoms with Crippen LogP contribution in [0.4, 0.5) is 0 Å². The van der Waals surface area contributed by atoms with E-state index >= 15 is 0 Å². The molecule has 0 bridgehead atoms. The highest BCUT2D eigenvalue weighted by molar-refractivity contribution is 5.03. The number of hydrogen-bond acceptors (Lipinski definition) is 0. The van der Waals surface area contributed by atoms with Gasteiger partial charge in [-0.15, -0.1) is 0 Å². The zero-order valence-electron chi connectivity index (χ0n) is 6.48. The van der Waals surface area contributed by atoms with Crippen LogP contribution in [0.5, 0.6) is 0 Å². The lowest BCUT2D eigenvalue weighted by Gasteiger charge is -2.60. The van der Waals surface area contributed by atoms with Gasteiger partial charge in [0, 0.05) is 0 Å². The Morgan fingerprint density at radius 1 is 1.10 bits per heavy atom. The largest absolute Gasteiger partial charge is 0.0776 e. The quantitative estimate of drug-likeness (QED) is 0.483. The summed E-state index contributed by atoms with van der Waals surface area (Å²) in [6.45, 7) is 4.86. The standard InChI is InChI=1S/C9H16.CH4/c1-7-6-8(2)9(7)4-3-5-9;/h7-8H,3-6H2,1-2H3;1H4. The van der Waals surface area contributed by atoms with E-state index in [1.165, 1.54) is 25.7 Å². The molecule has 2 atom stereocenters. The van der Waals surface area contributed by atoms with Crippen LogP contribution in [0.1, 0.15) is 47.0 Å². The van der Waals surface area contributed by atoms with Crippen molar-refractivity contribution in [2.45, 2.75) is 47.0 Å². The minimum atomic E-state index is 0. The van der Waals surface area contributed by atoms with E-state index in [-0.39, 0.29) is 7.43 Å². The molecule has 0 aliphatic heterocycles. The molecule has 0 N–H and O–H groups in total. The van der Waals surface area contributed by atoms with Crippen molar-refractivity contribution >= 4 is 0 Å². The molecule has 2 aliphatic carbocycles. The minimum absolute atomic E-state index is 0. The first-order valence-corrected chi connectivity index (χ1v) is 4.26. The van der Waals surface area contributed by atoms with E-state index in [0.717, 1.165) is 17.3 Å². The molecule has 2 saturated carbocycles. The SMILES string of the molecule is C.CC1CC(C)C12CCC2. The molecule has 0 saturated heterocycles. The Morgan fingerprint density at radius 2 is 1.60 bits per heavy atom. The van der Waals surface area contributed by atoms with E-state index < -0.39 is 0 Å². The maximum Gasteiger partial charge on any atom is -0.0246 e. The summed E-state index contributed by atoms with van der Waals surface area (Å²) in [7, 11) is 0. The first kappa shape index (κ1) is 8.10. The molecule has 2 unspecified atom stereocenters. The lowest BCUT2D eigenvalue weighted by molar-refractivity contribution is -0.100. The Balaban J connectivity index is 0.000000500. The van der Waals surface area contributed by atoms with Gasteiger partial charge in [0.2, 0.25) is 0 Å². The van der Waals surface area contributed by atoms with E-state index in [2.05, 4.69) is 13.8 Å². The highest BCUT2D eigenvalue weighted by atomic mass is 14.6. The third-order valence-corrected chi connectivity index (χ3v) is 3.95. The van der Waals surface area contributed by atoms with Gasteiger partial charge in [0.25, 0.3) is 0 Å². The van der Waals surface area contributed by atoms with Gasteiger partial charge >= 0.3 is 0 Å². The normalized spacial score (nSPS) is 41.4. The average Bonchev–Trinajstić information content (AvgIpc) is 1.60. The van der Waals surface area contributed by atoms with Crippen LogP contribution in [0.25, 0.3) is 0 Å². The van der Waals surface area contributed by atoms with Crippen molar-refractivity contribution < 1.29 is 0 Å². The molecule has 2 aliphatic rings. The third-order valence-electron chi connectivity index (χ3n) is 3.95. The van der Waals surface area contributed by atoms with Crippen molar-refractivity contribution in [1.29, 1.82) is 0 Å². The van der Waals surface area contributed by atoms with Crippen molar-refractivity contribution in [3.8, 4) is 0 Å². The molecular formula is C10H20. The summed E-state index contributed by atoms with van der Waals surface area (Å²) >= 11 is 0. The Hall–Kier alpha value is 0. The van der Waals surface area contributed by atoms with E-state index in [9.17, 15) is 0 Å². The van der Waals surface area contributed by atoms with Crippen LogP contribution in [0, 0.1) is 17.3 Å². The molecule has 10 heavy (non-hydrogen) atoms. The van der Waals surface area contributed by atoms with Crippen molar-refractivity contribution in [3.63, 3.8) is 0 Å². The number of rotatable bonds is 0. The molecule has 0 aromatic carbocycles. The highest BCUT2D eigenvalue weighted by Gasteiger charge is 2.53. The van der Waals surface area contributed by atoms with Crippen LogP contribution in [-0.2, 0) is 0 Å². The summed E-state index contributed by atoms with van der Waals surface area (Å²) in [4.78, 5) is 0. The summed E-state index contributed by atoms with van der Waals surface area (Å²) in [6.07, 6.45) is 6.08. The Kier molecular flexibility index (Phi) is 1.82. The maximum atomic E-state index is 2.43. The zero-order chi connectivity index (χ0) is 6.48. The lowest BCUT2D eigenvalue weighted by Crippen LogP contribution is -2.51. The van der Waals surface area contributed by atoms with Crippen LogP contribution in [0.3, 0.4) is 0 Å². The minimum Gasteiger partial charge on any atom is -0.0776 e. The van der Waals surface area contributed by atoms with E-state index in [4.69, 9.17) is 0 Å². The van der Waals surface area contributed by atoms with E-state index in [1.807, 2.05) is 0 Å². The smallest absolute Gasteiger partial charge is 0.0246 e. The topological polar surface area (TPSA) is 0 Å². The van der Waals surface area contributed by atoms with Gasteiger partial charge in [0.05, 0.1) is 0 Å². The molecular weight excluding hydrogens is 120 g/mol. The first-order chi connectivity index (χ1) is 4.26. The second-order valence-corrected chi connectivity index (χ2v) is 4.12. The molecule has 2 fully saturated rings. The summed E-state index contributed by atoms with van der Waals surface area (Å²) < 4.78 is 0. The fraction of sp³-hybridized carbons (Fsp3) is 1.00. The van der Waals surface area contributed by atoms with Gasteiger partial charge in [-0.3, -0.25) is 0 Å². The van der Waals surface area contributed by atoms with Crippen LogP contribution < -0.4 is 0 Å². The van der Waals surface area contributed by atoms with Gasteiger partial charge in [0.15, 0.2) is 0 Å². The van der Waals surface area contributed by atoms with Crippen molar-refractivity contribution in [2.24, 2.45) is 17.3 Å². The monoisotopic (exact) mass is 140 g/mol. The van der Waals surface area contributed by atoms with Gasteiger partial charge < -0.3 is 0 Å². The molecule has 0 nitrogen and oxygen atoms in total. The van der Waals surface area contributed by atoms with Crippen LogP contribution in [-0.4, -0.2) is 0 Å². The Bertz CT molecular complexity index is 112. The van der Waals surface area contributed by atoms with E-state index in [1.54, 1.807) is 0 Å². The predicted molar refractivity (Wildman–Crippen MR) is 46.0 cm³/mol. The molecule has 0 heterocycles. The highest BCUT2D eigenvalue weighted by Crippen LogP contribution is 2.62. The molecule has 60 valence electrons. The maximum absolute atomic E-state index is 2.43. The molecule has 0 heteroatoms. The molecule has 0 aromatic rings. The molecule has 0 aromatic heterocycles. The summed E-state index contributed by atoms with van der Waals surface area (Å²) in [5, 5.41) is 0. The summed E-state index contributed by atoms with van der Waals surface area (Å²) in [6, 6.07) is 0. The van der Waals surface area contributed by atoms with Crippen LogP contribution >= 0.6 is 0 Å². The predicted octanol–water partition coefficient (Wildman–Crippen LogP) is 3.47. The molecule has 1 spiro atoms. The Morgan fingerprint density at radius 3 is 1.70 bits per heavy atom. The first-order valence-electron chi connectivity index (χ1n) is 4.26. The van der Waals surface area contributed by atoms with Gasteiger partial charge in [0.1, 0.15) is 0 Å². The number of hydrogen-bond donors (Lipinski definition) is 0. The van der Waals surface area contributed by atoms with Crippen LogP contribution in [0.2, 0.25) is 0 Å². The Labute approximate surface area is 65.0 Å². The zero-order valence-corrected chi connectivity index (χ0v) is 6.48. The van der Waals surface area contributed by atoms with Crippen molar-refractivity contribution in [1.82, 2.24) is 0 Å². The summed E-state index contributed by atoms with van der Waals surface area (Å²) in [5.74, 6) is 2.11. The van der Waals surface area contributed by atoms with Gasteiger partial charge in [-0.1, -0.05) is 27.7 Å². The van der Waals surface area contributed by atoms with Gasteiger partial charge in [-0.25, -0.2) is 0 Å². The van der Waals surface area contributed by atoms with Crippen LogP contribution in [0.15, 0.2) is 0 Å².